The summed E-state index contributed by atoms with van der Waals surface area (Å²) in [4.78, 5) is 14.6. The molecule has 0 bridgehead atoms. The fourth-order valence-corrected chi connectivity index (χ4v) is 6.02. The number of aldehydes is 1. The van der Waals surface area contributed by atoms with Gasteiger partial charge in [-0.2, -0.15) is 0 Å². The van der Waals surface area contributed by atoms with Crippen molar-refractivity contribution in [1.29, 1.82) is 0 Å². The number of carbonyl (C=O) groups excluding carboxylic acids is 1. The van der Waals surface area contributed by atoms with Gasteiger partial charge in [-0.3, -0.25) is 15.4 Å². The lowest BCUT2D eigenvalue weighted by atomic mass is 10.1. The summed E-state index contributed by atoms with van der Waals surface area (Å²) in [5, 5.41) is 17.7. The van der Waals surface area contributed by atoms with Crippen molar-refractivity contribution in [3.63, 3.8) is 0 Å². The predicted molar refractivity (Wildman–Crippen MR) is 137 cm³/mol. The van der Waals surface area contributed by atoms with Crippen LogP contribution >= 0.6 is 11.6 Å². The number of benzene rings is 2. The second-order valence-corrected chi connectivity index (χ2v) is 11.6. The van der Waals surface area contributed by atoms with Crippen LogP contribution in [0.2, 0.25) is 0 Å². The lowest BCUT2D eigenvalue weighted by molar-refractivity contribution is -0.105. The normalized spacial score (nSPS) is 18.8. The number of carbonyl (C=O) groups is 1. The number of nitrogens with zero attached hydrogens (tertiary/aromatic N) is 2. The van der Waals surface area contributed by atoms with E-state index in [-0.39, 0.29) is 46.8 Å². The maximum absolute atomic E-state index is 12.3. The number of halogens is 1. The number of rotatable bonds is 11. The second-order valence-electron chi connectivity index (χ2n) is 7.73. The number of hydrogen-bond donors (Lipinski definition) is 6. The lowest BCUT2D eigenvalue weighted by Crippen LogP contribution is -2.64. The van der Waals surface area contributed by atoms with Gasteiger partial charge >= 0.3 is 0 Å². The Labute approximate surface area is 219 Å². The monoisotopic (exact) mass is 574 g/mol. The summed E-state index contributed by atoms with van der Waals surface area (Å²) < 4.78 is 53.7. The van der Waals surface area contributed by atoms with Crippen molar-refractivity contribution in [1.82, 2.24) is 9.44 Å². The standard InChI is InChI=1S/C21H27ClN6O7S2/c22-19-18(13-31)20(23)28(15-3-7-17(8-4-15)37(34,35)26-10-12-30)21(24)27(19)14-1-5-16(6-2-14)36(32,33)25-9-11-29/h1-8,13,20-21,25-26,29-30H,9-12,23-24H2. The van der Waals surface area contributed by atoms with Gasteiger partial charge in [-0.05, 0) is 48.5 Å². The molecular formula is C21H27ClN6O7S2. The number of aliphatic hydroxyl groups excluding tert-OH is 2. The van der Waals surface area contributed by atoms with Crippen LogP contribution in [-0.2, 0) is 24.8 Å². The average Bonchev–Trinajstić information content (AvgIpc) is 2.87. The summed E-state index contributed by atoms with van der Waals surface area (Å²) in [6, 6.07) is 11.0. The molecule has 2 aromatic rings. The third kappa shape index (κ3) is 6.11. The number of nitrogens with two attached hydrogens (primary N) is 2. The quantitative estimate of drug-likeness (QED) is 0.138. The van der Waals surface area contributed by atoms with Crippen LogP contribution in [0, 0.1) is 0 Å². The van der Waals surface area contributed by atoms with Crippen LogP contribution in [0.25, 0.3) is 0 Å². The van der Waals surface area contributed by atoms with Gasteiger partial charge < -0.3 is 20.8 Å². The fraction of sp³-hybridized carbons (Fsp3) is 0.286. The van der Waals surface area contributed by atoms with E-state index in [0.717, 1.165) is 0 Å². The first-order chi connectivity index (χ1) is 17.5. The molecule has 16 heteroatoms. The highest BCUT2D eigenvalue weighted by Gasteiger charge is 2.38. The predicted octanol–water partition coefficient (Wildman–Crippen LogP) is -1.27. The van der Waals surface area contributed by atoms with Crippen LogP contribution in [0.4, 0.5) is 11.4 Å². The first-order valence-corrected chi connectivity index (χ1v) is 14.2. The van der Waals surface area contributed by atoms with Gasteiger partial charge in [0.25, 0.3) is 0 Å². The van der Waals surface area contributed by atoms with Crippen molar-refractivity contribution in [2.45, 2.75) is 22.2 Å². The van der Waals surface area contributed by atoms with Crippen LogP contribution in [0.15, 0.2) is 69.1 Å². The SMILES string of the molecule is NC1C(C=O)=C(Cl)N(c2ccc(S(=O)(=O)NCCO)cc2)C(N)N1c1ccc(S(=O)(=O)NCCO)cc1. The molecule has 0 fully saturated rings. The first-order valence-electron chi connectivity index (χ1n) is 10.8. The van der Waals surface area contributed by atoms with Crippen LogP contribution in [-0.4, -0.2) is 72.1 Å². The van der Waals surface area contributed by atoms with Crippen molar-refractivity contribution in [3.8, 4) is 0 Å². The molecule has 202 valence electrons. The molecule has 0 amide bonds. The van der Waals surface area contributed by atoms with E-state index in [9.17, 15) is 21.6 Å². The number of hydrogen-bond acceptors (Lipinski definition) is 11. The fourth-order valence-electron chi connectivity index (χ4n) is 3.62. The Kier molecular flexibility index (Phi) is 9.27. The zero-order chi connectivity index (χ0) is 27.4. The van der Waals surface area contributed by atoms with Gasteiger partial charge in [0, 0.05) is 24.5 Å². The molecular weight excluding hydrogens is 548 g/mol. The molecule has 1 aliphatic heterocycles. The Bertz CT molecular complexity index is 1350. The molecule has 0 aliphatic carbocycles. The molecule has 2 aromatic carbocycles. The molecule has 13 nitrogen and oxygen atoms in total. The molecule has 0 radical (unpaired) electrons. The van der Waals surface area contributed by atoms with Gasteiger partial charge in [0.05, 0.1) is 28.6 Å². The lowest BCUT2D eigenvalue weighted by Gasteiger charge is -2.46. The highest BCUT2D eigenvalue weighted by Crippen LogP contribution is 2.35. The maximum Gasteiger partial charge on any atom is 0.240 e. The molecule has 1 aliphatic rings. The van der Waals surface area contributed by atoms with Crippen molar-refractivity contribution in [2.75, 3.05) is 36.1 Å². The third-order valence-electron chi connectivity index (χ3n) is 5.42. The van der Waals surface area contributed by atoms with E-state index < -0.39 is 32.5 Å². The van der Waals surface area contributed by atoms with Gasteiger partial charge in [-0.15, -0.1) is 0 Å². The molecule has 3 rings (SSSR count). The molecule has 2 unspecified atom stereocenters. The zero-order valence-corrected chi connectivity index (χ0v) is 21.7. The third-order valence-corrected chi connectivity index (χ3v) is 8.78. The highest BCUT2D eigenvalue weighted by atomic mass is 35.5. The summed E-state index contributed by atoms with van der Waals surface area (Å²) in [6.07, 6.45) is -1.67. The minimum atomic E-state index is -3.86. The van der Waals surface area contributed by atoms with Crippen LogP contribution < -0.4 is 30.7 Å². The molecule has 8 N–H and O–H groups in total. The average molecular weight is 575 g/mol. The summed E-state index contributed by atoms with van der Waals surface area (Å²) >= 11 is 6.48. The van der Waals surface area contributed by atoms with Crippen molar-refractivity contribution in [3.05, 3.63) is 59.3 Å². The molecule has 0 aromatic heterocycles. The van der Waals surface area contributed by atoms with Crippen LogP contribution in [0.1, 0.15) is 0 Å². The molecule has 2 atom stereocenters. The van der Waals surface area contributed by atoms with E-state index in [2.05, 4.69) is 9.44 Å². The van der Waals surface area contributed by atoms with Gasteiger partial charge in [0.2, 0.25) is 20.0 Å². The summed E-state index contributed by atoms with van der Waals surface area (Å²) in [5.74, 6) is 0. The highest BCUT2D eigenvalue weighted by molar-refractivity contribution is 7.89. The van der Waals surface area contributed by atoms with Gasteiger partial charge in [-0.1, -0.05) is 11.6 Å². The van der Waals surface area contributed by atoms with E-state index in [1.807, 2.05) is 0 Å². The Morgan fingerprint density at radius 2 is 1.27 bits per heavy atom. The molecule has 0 spiro atoms. The van der Waals surface area contributed by atoms with E-state index >= 15 is 0 Å². The number of sulfonamides is 2. The second kappa shape index (κ2) is 11.8. The molecule has 37 heavy (non-hydrogen) atoms. The number of aliphatic hydroxyl groups is 2. The maximum atomic E-state index is 12.3. The van der Waals surface area contributed by atoms with Crippen molar-refractivity contribution >= 4 is 49.3 Å². The smallest absolute Gasteiger partial charge is 0.240 e. The van der Waals surface area contributed by atoms with E-state index in [0.29, 0.717) is 17.7 Å². The molecule has 1 heterocycles. The Morgan fingerprint density at radius 1 is 0.838 bits per heavy atom. The number of nitrogens with one attached hydrogen (secondary N) is 2. The van der Waals surface area contributed by atoms with Crippen molar-refractivity contribution < 1.29 is 31.8 Å². The summed E-state index contributed by atoms with van der Waals surface area (Å²) in [5.41, 5.74) is 13.5. The van der Waals surface area contributed by atoms with E-state index in [1.165, 1.54) is 58.3 Å². The van der Waals surface area contributed by atoms with E-state index in [1.54, 1.807) is 0 Å². The Hall–Kier alpha value is -2.60. The zero-order valence-electron chi connectivity index (χ0n) is 19.4. The van der Waals surface area contributed by atoms with Gasteiger partial charge in [0.1, 0.15) is 11.3 Å². The first kappa shape index (κ1) is 29.0. The number of anilines is 2. The minimum Gasteiger partial charge on any atom is -0.395 e. The largest absolute Gasteiger partial charge is 0.395 e. The topological polar surface area (TPSA) is 208 Å². The van der Waals surface area contributed by atoms with Crippen LogP contribution in [0.5, 0.6) is 0 Å². The molecule has 0 saturated carbocycles. The van der Waals surface area contributed by atoms with Gasteiger partial charge in [-0.25, -0.2) is 26.3 Å². The summed E-state index contributed by atoms with van der Waals surface area (Å²) in [7, 11) is -7.71. The van der Waals surface area contributed by atoms with Crippen LogP contribution in [0.3, 0.4) is 0 Å². The van der Waals surface area contributed by atoms with E-state index in [4.69, 9.17) is 33.3 Å². The Balaban J connectivity index is 1.98. The minimum absolute atomic E-state index is 0.00834. The summed E-state index contributed by atoms with van der Waals surface area (Å²) in [6.45, 7) is -1.03. The van der Waals surface area contributed by atoms with Crippen molar-refractivity contribution in [2.24, 2.45) is 11.5 Å². The van der Waals surface area contributed by atoms with Gasteiger partial charge in [0.15, 0.2) is 12.6 Å². The Morgan fingerprint density at radius 3 is 1.68 bits per heavy atom. The molecule has 0 saturated heterocycles.